The Labute approximate surface area is 114 Å². The number of halogens is 1. The maximum absolute atomic E-state index is 11.8. The number of hydrogen-bond donors (Lipinski definition) is 1. The summed E-state index contributed by atoms with van der Waals surface area (Å²) in [5.74, 6) is 0.630. The molecule has 0 amide bonds. The van der Waals surface area contributed by atoms with Gasteiger partial charge in [-0.25, -0.2) is 4.68 Å². The van der Waals surface area contributed by atoms with E-state index in [0.29, 0.717) is 24.5 Å². The summed E-state index contributed by atoms with van der Waals surface area (Å²) in [5.41, 5.74) is 0.262. The maximum atomic E-state index is 11.8. The summed E-state index contributed by atoms with van der Waals surface area (Å²) in [6.07, 6.45) is 4.82. The minimum atomic E-state index is -0.794. The summed E-state index contributed by atoms with van der Waals surface area (Å²) >= 11 is 5.98. The van der Waals surface area contributed by atoms with E-state index in [1.54, 1.807) is 12.5 Å². The van der Waals surface area contributed by atoms with Crippen molar-refractivity contribution in [3.8, 4) is 0 Å². The molecule has 0 saturated carbocycles. The number of aromatic nitrogens is 2. The van der Waals surface area contributed by atoms with Crippen LogP contribution in [0.3, 0.4) is 0 Å². The summed E-state index contributed by atoms with van der Waals surface area (Å²) in [6, 6.07) is 0. The maximum Gasteiger partial charge on any atom is 0.287 e. The van der Waals surface area contributed by atoms with E-state index in [9.17, 15) is 9.00 Å². The average Bonchev–Trinajstić information content (AvgIpc) is 2.33. The van der Waals surface area contributed by atoms with Gasteiger partial charge in [-0.05, 0) is 12.8 Å². The molecule has 1 aromatic rings. The van der Waals surface area contributed by atoms with Crippen molar-refractivity contribution in [2.24, 2.45) is 0 Å². The van der Waals surface area contributed by atoms with Crippen LogP contribution in [0, 0.1) is 0 Å². The monoisotopic (exact) mass is 291 g/mol. The molecule has 5 nitrogen and oxygen atoms in total. The highest BCUT2D eigenvalue weighted by Gasteiger charge is 2.08. The van der Waals surface area contributed by atoms with Gasteiger partial charge in [0.2, 0.25) is 0 Å². The summed E-state index contributed by atoms with van der Waals surface area (Å²) in [7, 11) is -0.794. The van der Waals surface area contributed by atoms with E-state index in [0.717, 1.165) is 12.8 Å². The highest BCUT2D eigenvalue weighted by Crippen LogP contribution is 2.14. The number of nitrogens with zero attached hydrogens (tertiary/aromatic N) is 2. The SMILES string of the molecule is CCCn1ncc(NCCCS(C)=O)c(Cl)c1=O. The van der Waals surface area contributed by atoms with Gasteiger partial charge < -0.3 is 5.32 Å². The summed E-state index contributed by atoms with van der Waals surface area (Å²) in [6.45, 7) is 3.16. The predicted molar refractivity (Wildman–Crippen MR) is 75.8 cm³/mol. The summed E-state index contributed by atoms with van der Waals surface area (Å²) in [5, 5.41) is 7.24. The second kappa shape index (κ2) is 7.53. The van der Waals surface area contributed by atoms with Crippen LogP contribution in [0.2, 0.25) is 5.02 Å². The smallest absolute Gasteiger partial charge is 0.287 e. The number of hydrogen-bond acceptors (Lipinski definition) is 4. The third kappa shape index (κ3) is 4.42. The molecule has 18 heavy (non-hydrogen) atoms. The number of aryl methyl sites for hydroxylation is 1. The van der Waals surface area contributed by atoms with Gasteiger partial charge in [-0.1, -0.05) is 18.5 Å². The van der Waals surface area contributed by atoms with Crippen LogP contribution >= 0.6 is 11.6 Å². The van der Waals surface area contributed by atoms with Crippen LogP contribution in [0.4, 0.5) is 5.69 Å². The molecule has 0 saturated heterocycles. The first-order valence-corrected chi connectivity index (χ1v) is 7.96. The molecule has 0 aliphatic heterocycles. The first-order valence-electron chi connectivity index (χ1n) is 5.85. The fourth-order valence-corrected chi connectivity index (χ4v) is 2.22. The van der Waals surface area contributed by atoms with Crippen LogP contribution in [0.15, 0.2) is 11.0 Å². The molecule has 0 aliphatic carbocycles. The third-order valence-corrected chi connectivity index (χ3v) is 3.57. The zero-order valence-corrected chi connectivity index (χ0v) is 12.2. The highest BCUT2D eigenvalue weighted by molar-refractivity contribution is 7.84. The third-order valence-electron chi connectivity index (χ3n) is 2.34. The summed E-state index contributed by atoms with van der Waals surface area (Å²) < 4.78 is 12.2. The Bertz CT molecular complexity index is 476. The minimum absolute atomic E-state index is 0.163. The van der Waals surface area contributed by atoms with Crippen LogP contribution in [0.25, 0.3) is 0 Å². The molecule has 1 rings (SSSR count). The largest absolute Gasteiger partial charge is 0.382 e. The van der Waals surface area contributed by atoms with Gasteiger partial charge in [-0.15, -0.1) is 0 Å². The molecule has 0 aliphatic rings. The van der Waals surface area contributed by atoms with E-state index in [2.05, 4.69) is 10.4 Å². The molecule has 1 unspecified atom stereocenters. The van der Waals surface area contributed by atoms with Crippen LogP contribution in [-0.2, 0) is 17.3 Å². The Hall–Kier alpha value is -0.880. The van der Waals surface area contributed by atoms with E-state index in [1.807, 2.05) is 6.92 Å². The molecular weight excluding hydrogens is 274 g/mol. The van der Waals surface area contributed by atoms with E-state index in [4.69, 9.17) is 11.6 Å². The fraction of sp³-hybridized carbons (Fsp3) is 0.636. The molecule has 0 fully saturated rings. The highest BCUT2D eigenvalue weighted by atomic mass is 35.5. The molecule has 1 heterocycles. The molecule has 1 N–H and O–H groups in total. The van der Waals surface area contributed by atoms with Gasteiger partial charge in [0.1, 0.15) is 5.02 Å². The minimum Gasteiger partial charge on any atom is -0.382 e. The van der Waals surface area contributed by atoms with Crippen molar-refractivity contribution in [2.75, 3.05) is 23.9 Å². The zero-order chi connectivity index (χ0) is 13.5. The van der Waals surface area contributed by atoms with Crippen molar-refractivity contribution in [1.29, 1.82) is 0 Å². The van der Waals surface area contributed by atoms with Gasteiger partial charge in [0.25, 0.3) is 5.56 Å². The second-order valence-electron chi connectivity index (χ2n) is 3.96. The lowest BCUT2D eigenvalue weighted by Gasteiger charge is -2.09. The first-order chi connectivity index (χ1) is 8.56. The van der Waals surface area contributed by atoms with E-state index in [1.165, 1.54) is 4.68 Å². The molecule has 0 spiro atoms. The molecule has 102 valence electrons. The van der Waals surface area contributed by atoms with Crippen molar-refractivity contribution < 1.29 is 4.21 Å². The second-order valence-corrected chi connectivity index (χ2v) is 5.89. The lowest BCUT2D eigenvalue weighted by atomic mass is 10.4. The molecule has 7 heteroatoms. The molecule has 0 bridgehead atoms. The Morgan fingerprint density at radius 2 is 2.28 bits per heavy atom. The molecule has 1 atom stereocenters. The Balaban J connectivity index is 2.65. The van der Waals surface area contributed by atoms with E-state index >= 15 is 0 Å². The van der Waals surface area contributed by atoms with Crippen molar-refractivity contribution in [1.82, 2.24) is 9.78 Å². The lowest BCUT2D eigenvalue weighted by Crippen LogP contribution is -2.24. The molecular formula is C11H18ClN3O2S. The molecule has 0 radical (unpaired) electrons. The Morgan fingerprint density at radius 1 is 1.56 bits per heavy atom. The van der Waals surface area contributed by atoms with Gasteiger partial charge in [-0.2, -0.15) is 5.10 Å². The number of nitrogens with one attached hydrogen (secondary N) is 1. The predicted octanol–water partition coefficient (Wildman–Crippen LogP) is 1.49. The summed E-state index contributed by atoms with van der Waals surface area (Å²) in [4.78, 5) is 11.8. The quantitative estimate of drug-likeness (QED) is 0.773. The number of anilines is 1. The van der Waals surface area contributed by atoms with Gasteiger partial charge >= 0.3 is 0 Å². The fourth-order valence-electron chi connectivity index (χ4n) is 1.46. The van der Waals surface area contributed by atoms with Crippen LogP contribution in [0.1, 0.15) is 19.8 Å². The molecule has 1 aromatic heterocycles. The van der Waals surface area contributed by atoms with E-state index in [-0.39, 0.29) is 10.6 Å². The first kappa shape index (κ1) is 15.2. The van der Waals surface area contributed by atoms with Crippen molar-refractivity contribution in [3.05, 3.63) is 21.6 Å². The van der Waals surface area contributed by atoms with Crippen molar-refractivity contribution >= 4 is 28.1 Å². The zero-order valence-electron chi connectivity index (χ0n) is 10.6. The van der Waals surface area contributed by atoms with Crippen LogP contribution in [-0.4, -0.2) is 32.5 Å². The average molecular weight is 292 g/mol. The lowest BCUT2D eigenvalue weighted by molar-refractivity contribution is 0.568. The topological polar surface area (TPSA) is 64.0 Å². The van der Waals surface area contributed by atoms with Crippen LogP contribution < -0.4 is 10.9 Å². The van der Waals surface area contributed by atoms with Gasteiger partial charge in [-0.3, -0.25) is 9.00 Å². The normalized spacial score (nSPS) is 12.4. The van der Waals surface area contributed by atoms with Gasteiger partial charge in [0.05, 0.1) is 11.9 Å². The Morgan fingerprint density at radius 3 is 2.89 bits per heavy atom. The van der Waals surface area contributed by atoms with E-state index < -0.39 is 10.8 Å². The van der Waals surface area contributed by atoms with Crippen molar-refractivity contribution in [3.63, 3.8) is 0 Å². The Kier molecular flexibility index (Phi) is 6.35. The number of rotatable bonds is 7. The molecule has 0 aromatic carbocycles. The van der Waals surface area contributed by atoms with Crippen molar-refractivity contribution in [2.45, 2.75) is 26.3 Å². The van der Waals surface area contributed by atoms with Gasteiger partial charge in [0.15, 0.2) is 0 Å². The van der Waals surface area contributed by atoms with Gasteiger partial charge in [0, 0.05) is 35.9 Å². The van der Waals surface area contributed by atoms with Crippen LogP contribution in [0.5, 0.6) is 0 Å². The standard InChI is InChI=1S/C11H18ClN3O2S/c1-3-6-15-11(16)10(12)9(8-14-15)13-5-4-7-18(2)17/h8,13H,3-7H2,1-2H3.